The van der Waals surface area contributed by atoms with Crippen molar-refractivity contribution < 1.29 is 85.3 Å². The average Bonchev–Trinajstić information content (AvgIpc) is 2.87. The van der Waals surface area contributed by atoms with Gasteiger partial charge in [0.25, 0.3) is 0 Å². The number of carbonyl (C=O) groups excluding carboxylic acids is 7. The highest BCUT2D eigenvalue weighted by Gasteiger charge is 2.57. The molecule has 18 heteroatoms. The highest BCUT2D eigenvalue weighted by Crippen LogP contribution is 2.35. The number of halogens is 1. The maximum absolute atomic E-state index is 14.2. The molecule has 0 bridgehead atoms. The first-order chi connectivity index (χ1) is 20.5. The first-order valence-corrected chi connectivity index (χ1v) is 13.2. The summed E-state index contributed by atoms with van der Waals surface area (Å²) in [6.45, 7) is 5.18. The summed E-state index contributed by atoms with van der Waals surface area (Å²) in [5.74, 6) is -6.30. The third-order valence-electron chi connectivity index (χ3n) is 5.87. The molecule has 0 saturated carbocycles. The Bertz CT molecular complexity index is 1090. The molecular weight excluding hydrogens is 603 g/mol. The summed E-state index contributed by atoms with van der Waals surface area (Å²) in [6.07, 6.45) is -16.7. The van der Waals surface area contributed by atoms with E-state index in [-0.39, 0.29) is 0 Å². The van der Waals surface area contributed by atoms with Gasteiger partial charge in [-0.3, -0.25) is 33.6 Å². The predicted molar refractivity (Wildman–Crippen MR) is 134 cm³/mol. The molecule has 0 aromatic carbocycles. The van der Waals surface area contributed by atoms with Crippen molar-refractivity contribution in [3.05, 3.63) is 0 Å². The summed E-state index contributed by atoms with van der Waals surface area (Å²) in [5, 5.41) is 0. The Labute approximate surface area is 250 Å². The average molecular weight is 639 g/mol. The van der Waals surface area contributed by atoms with Crippen LogP contribution in [0.25, 0.3) is 0 Å². The highest BCUT2D eigenvalue weighted by atomic mass is 19.1. The molecule has 0 unspecified atom stereocenters. The van der Waals surface area contributed by atoms with E-state index in [0.717, 1.165) is 48.5 Å². The molecule has 10 atom stereocenters. The predicted octanol–water partition coefficient (Wildman–Crippen LogP) is -0.424. The number of rotatable bonds is 11. The van der Waals surface area contributed by atoms with Gasteiger partial charge in [0, 0.05) is 48.5 Å². The fraction of sp³-hybridized carbons (Fsp3) is 0.731. The van der Waals surface area contributed by atoms with Gasteiger partial charge in [-0.1, -0.05) is 0 Å². The fourth-order valence-electron chi connectivity index (χ4n) is 4.52. The molecule has 0 spiro atoms. The van der Waals surface area contributed by atoms with Crippen molar-refractivity contribution >= 4 is 41.8 Å². The second-order valence-electron chi connectivity index (χ2n) is 9.62. The van der Waals surface area contributed by atoms with Crippen LogP contribution < -0.4 is 0 Å². The molecule has 0 amide bonds. The molecule has 2 fully saturated rings. The van der Waals surface area contributed by atoms with Crippen molar-refractivity contribution in [1.82, 2.24) is 0 Å². The number of carbonyl (C=O) groups is 7. The largest absolute Gasteiger partial charge is 0.463 e. The number of ether oxygens (including phenoxy) is 10. The maximum Gasteiger partial charge on any atom is 0.303 e. The number of esters is 7. The van der Waals surface area contributed by atoms with Gasteiger partial charge in [0.2, 0.25) is 12.6 Å². The molecule has 2 aliphatic rings. The summed E-state index contributed by atoms with van der Waals surface area (Å²) in [5.41, 5.74) is 0. The van der Waals surface area contributed by atoms with Crippen molar-refractivity contribution in [1.29, 1.82) is 0 Å². The van der Waals surface area contributed by atoms with E-state index in [9.17, 15) is 38.0 Å². The maximum atomic E-state index is 14.2. The zero-order chi connectivity index (χ0) is 33.3. The van der Waals surface area contributed by atoms with Gasteiger partial charge < -0.3 is 47.4 Å². The van der Waals surface area contributed by atoms with Crippen molar-refractivity contribution in [2.75, 3.05) is 13.3 Å². The van der Waals surface area contributed by atoms with Crippen LogP contribution in [0.2, 0.25) is 0 Å². The summed E-state index contributed by atoms with van der Waals surface area (Å²) < 4.78 is 68.2. The minimum atomic E-state index is -1.88. The minimum absolute atomic E-state index is 0.589. The zero-order valence-electron chi connectivity index (χ0n) is 25.0. The lowest BCUT2D eigenvalue weighted by Crippen LogP contribution is -2.66. The Hall–Kier alpha value is -3.90. The monoisotopic (exact) mass is 638 g/mol. The van der Waals surface area contributed by atoms with Crippen LogP contribution >= 0.6 is 0 Å². The second kappa shape index (κ2) is 16.2. The van der Waals surface area contributed by atoms with Crippen molar-refractivity contribution in [3.63, 3.8) is 0 Å². The summed E-state index contributed by atoms with van der Waals surface area (Å²) >= 11 is 0. The molecule has 0 aromatic heterocycles. The van der Waals surface area contributed by atoms with Crippen LogP contribution in [0.4, 0.5) is 4.39 Å². The Kier molecular flexibility index (Phi) is 13.4. The Balaban J connectivity index is 2.63. The Morgan fingerprint density at radius 2 is 0.795 bits per heavy atom. The molecule has 0 N–H and O–H groups in total. The van der Waals surface area contributed by atoms with Gasteiger partial charge in [0.1, 0.15) is 25.5 Å². The summed E-state index contributed by atoms with van der Waals surface area (Å²) in [4.78, 5) is 83.6. The van der Waals surface area contributed by atoms with Crippen LogP contribution in [0.3, 0.4) is 0 Å². The van der Waals surface area contributed by atoms with Crippen LogP contribution in [-0.4, -0.2) is 116 Å². The highest BCUT2D eigenvalue weighted by molar-refractivity contribution is 5.69. The Morgan fingerprint density at radius 1 is 0.477 bits per heavy atom. The van der Waals surface area contributed by atoms with E-state index in [1.54, 1.807) is 0 Å². The standard InChI is InChI=1S/C26H35FO17/c1-10(28)35-9-18-20(37-12(3)30)22(39-14(5)32)24(41-16(7)34)26(43-18)44-25-23(40-15(6)33)21(38-13(4)31)19(36-11(2)29)17(8-27)42-25/h17-26H,8-9H2,1-7H3/t17-,18-,19-,20-,21+,22+,23-,24-,25+,26-/m1/s1. The van der Waals surface area contributed by atoms with E-state index in [1.165, 1.54) is 0 Å². The Morgan fingerprint density at radius 3 is 1.14 bits per heavy atom. The van der Waals surface area contributed by atoms with Crippen molar-refractivity contribution in [2.24, 2.45) is 0 Å². The van der Waals surface area contributed by atoms with E-state index in [4.69, 9.17) is 47.4 Å². The number of alkyl halides is 1. The van der Waals surface area contributed by atoms with E-state index < -0.39 is 116 Å². The smallest absolute Gasteiger partial charge is 0.303 e. The zero-order valence-corrected chi connectivity index (χ0v) is 25.0. The summed E-state index contributed by atoms with van der Waals surface area (Å²) in [7, 11) is 0. The van der Waals surface area contributed by atoms with Gasteiger partial charge in [-0.2, -0.15) is 0 Å². The molecule has 0 aliphatic carbocycles. The van der Waals surface area contributed by atoms with Crippen molar-refractivity contribution in [3.8, 4) is 0 Å². The molecule has 17 nitrogen and oxygen atoms in total. The van der Waals surface area contributed by atoms with E-state index in [0.29, 0.717) is 0 Å². The van der Waals surface area contributed by atoms with Gasteiger partial charge in [-0.15, -0.1) is 0 Å². The van der Waals surface area contributed by atoms with Crippen LogP contribution in [0.5, 0.6) is 0 Å². The molecule has 2 aliphatic heterocycles. The molecule has 2 heterocycles. The van der Waals surface area contributed by atoms with E-state index in [2.05, 4.69) is 0 Å². The van der Waals surface area contributed by atoms with Crippen LogP contribution in [0.15, 0.2) is 0 Å². The van der Waals surface area contributed by atoms with Crippen LogP contribution in [0, 0.1) is 0 Å². The first kappa shape index (κ1) is 36.3. The molecular formula is C26H35FO17. The minimum Gasteiger partial charge on any atom is -0.463 e. The second-order valence-corrected chi connectivity index (χ2v) is 9.62. The molecule has 0 aromatic rings. The van der Waals surface area contributed by atoms with E-state index >= 15 is 0 Å². The molecule has 44 heavy (non-hydrogen) atoms. The fourth-order valence-corrected chi connectivity index (χ4v) is 4.52. The lowest BCUT2D eigenvalue weighted by molar-refractivity contribution is -0.376. The van der Waals surface area contributed by atoms with Crippen LogP contribution in [0.1, 0.15) is 48.5 Å². The first-order valence-electron chi connectivity index (χ1n) is 13.2. The topological polar surface area (TPSA) is 212 Å². The summed E-state index contributed by atoms with van der Waals surface area (Å²) in [6, 6.07) is 0. The van der Waals surface area contributed by atoms with Gasteiger partial charge >= 0.3 is 41.8 Å². The lowest BCUT2D eigenvalue weighted by Gasteiger charge is -2.47. The van der Waals surface area contributed by atoms with Crippen LogP contribution in [-0.2, 0) is 80.9 Å². The normalized spacial score (nSPS) is 31.5. The third kappa shape index (κ3) is 10.4. The molecule has 2 saturated heterocycles. The lowest BCUT2D eigenvalue weighted by atomic mass is 9.97. The molecule has 248 valence electrons. The van der Waals surface area contributed by atoms with E-state index in [1.807, 2.05) is 0 Å². The van der Waals surface area contributed by atoms with Gasteiger partial charge in [0.15, 0.2) is 36.6 Å². The molecule has 2 rings (SSSR count). The van der Waals surface area contributed by atoms with Gasteiger partial charge in [0.05, 0.1) is 0 Å². The SMILES string of the molecule is CC(=O)OC[C@H]1O[C@H](O[C@@H]2O[C@H](CF)[C@@H](OC(C)=O)[C@H](OC(C)=O)[C@H]2OC(C)=O)[C@H](OC(C)=O)[C@@H](OC(C)=O)[C@@H]1OC(C)=O. The molecule has 0 radical (unpaired) electrons. The third-order valence-corrected chi connectivity index (χ3v) is 5.87. The van der Waals surface area contributed by atoms with Crippen molar-refractivity contribution in [2.45, 2.75) is 110 Å². The quantitative estimate of drug-likeness (QED) is 0.207. The van der Waals surface area contributed by atoms with Gasteiger partial charge in [-0.05, 0) is 0 Å². The number of hydrogen-bond acceptors (Lipinski definition) is 17. The number of hydrogen-bond donors (Lipinski definition) is 0. The van der Waals surface area contributed by atoms with Gasteiger partial charge in [-0.25, -0.2) is 4.39 Å².